The molecule has 0 aliphatic carbocycles. The number of nitrogens with zero attached hydrogens (tertiary/aromatic N) is 5. The minimum Gasteiger partial charge on any atom is -0.391 e. The van der Waals surface area contributed by atoms with Crippen molar-refractivity contribution >= 4 is 16.7 Å². The second-order valence-corrected chi connectivity index (χ2v) is 7.12. The van der Waals surface area contributed by atoms with Crippen LogP contribution >= 0.6 is 11.5 Å². The molecule has 0 bridgehead atoms. The van der Waals surface area contributed by atoms with Crippen LogP contribution in [-0.4, -0.2) is 37.3 Å². The fraction of sp³-hybridized carbons (Fsp3) is 0.692. The Labute approximate surface area is 127 Å². The summed E-state index contributed by atoms with van der Waals surface area (Å²) in [6, 6.07) is -0.137. The highest BCUT2D eigenvalue weighted by Gasteiger charge is 2.38. The molecule has 1 N–H and O–H groups in total. The van der Waals surface area contributed by atoms with Crippen molar-refractivity contribution < 1.29 is 9.63 Å². The lowest BCUT2D eigenvalue weighted by molar-refractivity contribution is 0.191. The molecule has 1 aliphatic heterocycles. The third kappa shape index (κ3) is 2.77. The van der Waals surface area contributed by atoms with Crippen molar-refractivity contribution in [1.82, 2.24) is 19.5 Å². The lowest BCUT2D eigenvalue weighted by Crippen LogP contribution is -2.24. The maximum absolute atomic E-state index is 9.99. The fourth-order valence-electron chi connectivity index (χ4n) is 2.34. The molecule has 3 rings (SSSR count). The average molecular weight is 309 g/mol. The van der Waals surface area contributed by atoms with Crippen LogP contribution in [0, 0.1) is 6.92 Å². The summed E-state index contributed by atoms with van der Waals surface area (Å²) in [6.07, 6.45) is 0.135. The molecule has 7 nitrogen and oxygen atoms in total. The van der Waals surface area contributed by atoms with E-state index in [1.807, 2.05) is 4.90 Å². The Hall–Kier alpha value is -1.54. The summed E-state index contributed by atoms with van der Waals surface area (Å²) in [5.41, 5.74) is -0.0936. The van der Waals surface area contributed by atoms with E-state index in [4.69, 9.17) is 4.52 Å². The van der Waals surface area contributed by atoms with E-state index in [1.165, 1.54) is 11.5 Å². The minimum atomic E-state index is -0.427. The van der Waals surface area contributed by atoms with Gasteiger partial charge in [-0.3, -0.25) is 0 Å². The van der Waals surface area contributed by atoms with Crippen LogP contribution in [0.2, 0.25) is 0 Å². The lowest BCUT2D eigenvalue weighted by atomic mass is 9.96. The number of hydrogen-bond donors (Lipinski definition) is 1. The molecule has 2 aromatic heterocycles. The van der Waals surface area contributed by atoms with E-state index in [-0.39, 0.29) is 11.5 Å². The second-order valence-electron chi connectivity index (χ2n) is 6.39. The molecule has 21 heavy (non-hydrogen) atoms. The van der Waals surface area contributed by atoms with Crippen molar-refractivity contribution in [2.75, 3.05) is 11.4 Å². The van der Waals surface area contributed by atoms with Gasteiger partial charge in [0.15, 0.2) is 5.82 Å². The number of aryl methyl sites for hydroxylation is 1. The molecule has 0 spiro atoms. The molecule has 8 heteroatoms. The summed E-state index contributed by atoms with van der Waals surface area (Å²) in [5, 5.41) is 14.6. The van der Waals surface area contributed by atoms with Crippen molar-refractivity contribution in [3.05, 3.63) is 17.5 Å². The fourth-order valence-corrected chi connectivity index (χ4v) is 3.26. The molecule has 0 amide bonds. The van der Waals surface area contributed by atoms with E-state index in [2.05, 4.69) is 40.3 Å². The van der Waals surface area contributed by atoms with Gasteiger partial charge in [0.05, 0.1) is 6.10 Å². The van der Waals surface area contributed by atoms with Crippen LogP contribution in [-0.2, 0) is 5.41 Å². The molecule has 0 unspecified atom stereocenters. The van der Waals surface area contributed by atoms with Gasteiger partial charge in [-0.25, -0.2) is 4.98 Å². The molecular weight excluding hydrogens is 290 g/mol. The van der Waals surface area contributed by atoms with Crippen LogP contribution in [0.5, 0.6) is 0 Å². The van der Waals surface area contributed by atoms with Gasteiger partial charge in [-0.2, -0.15) is 9.36 Å². The van der Waals surface area contributed by atoms with Gasteiger partial charge in [0, 0.05) is 29.9 Å². The van der Waals surface area contributed by atoms with Gasteiger partial charge in [0.1, 0.15) is 11.9 Å². The second kappa shape index (κ2) is 5.03. The topological polar surface area (TPSA) is 88.2 Å². The maximum atomic E-state index is 9.99. The highest BCUT2D eigenvalue weighted by Crippen LogP contribution is 2.37. The first-order valence-corrected chi connectivity index (χ1v) is 7.71. The monoisotopic (exact) mass is 309 g/mol. The number of aromatic nitrogens is 4. The van der Waals surface area contributed by atoms with Crippen molar-refractivity contribution in [3.63, 3.8) is 0 Å². The zero-order valence-electron chi connectivity index (χ0n) is 12.6. The summed E-state index contributed by atoms with van der Waals surface area (Å²) in [7, 11) is 0. The maximum Gasteiger partial charge on any atom is 0.249 e. The summed E-state index contributed by atoms with van der Waals surface area (Å²) in [4.78, 5) is 10.9. The number of rotatable bonds is 2. The highest BCUT2D eigenvalue weighted by molar-refractivity contribution is 7.09. The summed E-state index contributed by atoms with van der Waals surface area (Å²) >= 11 is 1.34. The molecule has 114 valence electrons. The number of β-amino-alcohol motifs (C(OH)–C–C–N with tert-alkyl or cyclic N) is 1. The zero-order valence-corrected chi connectivity index (χ0v) is 13.4. The third-order valence-electron chi connectivity index (χ3n) is 3.44. The van der Waals surface area contributed by atoms with Gasteiger partial charge in [0.25, 0.3) is 0 Å². The Kier molecular flexibility index (Phi) is 3.45. The quantitative estimate of drug-likeness (QED) is 0.905. The standard InChI is InChI=1S/C13H19N5O2S/c1-7-14-10(20-16-7)9-5-8(19)6-18(9)12-15-11(17-21-12)13(2,3)4/h8-9,19H,5-6H2,1-4H3/t8-,9-/m1/s1. The van der Waals surface area contributed by atoms with E-state index in [9.17, 15) is 5.11 Å². The third-order valence-corrected chi connectivity index (χ3v) is 4.19. The van der Waals surface area contributed by atoms with Crippen LogP contribution in [0.3, 0.4) is 0 Å². The van der Waals surface area contributed by atoms with Crippen LogP contribution in [0.15, 0.2) is 4.52 Å². The van der Waals surface area contributed by atoms with Crippen molar-refractivity contribution in [2.45, 2.75) is 51.7 Å². The predicted molar refractivity (Wildman–Crippen MR) is 78.4 cm³/mol. The normalized spacial score (nSPS) is 23.0. The zero-order chi connectivity index (χ0) is 15.2. The highest BCUT2D eigenvalue weighted by atomic mass is 32.1. The van der Waals surface area contributed by atoms with Crippen LogP contribution in [0.25, 0.3) is 0 Å². The molecule has 2 aromatic rings. The van der Waals surface area contributed by atoms with Crippen LogP contribution in [0.1, 0.15) is 50.8 Å². The smallest absolute Gasteiger partial charge is 0.249 e. The van der Waals surface area contributed by atoms with Crippen molar-refractivity contribution in [1.29, 1.82) is 0 Å². The molecular formula is C13H19N5O2S. The molecule has 1 fully saturated rings. The molecule has 0 aromatic carbocycles. The molecule has 0 saturated carbocycles. The van der Waals surface area contributed by atoms with Crippen molar-refractivity contribution in [2.24, 2.45) is 0 Å². The van der Waals surface area contributed by atoms with E-state index in [0.717, 1.165) is 11.0 Å². The molecule has 1 aliphatic rings. The number of aliphatic hydroxyl groups is 1. The first kappa shape index (κ1) is 14.4. The SMILES string of the molecule is Cc1noc([C@H]2C[C@@H](O)CN2c2nc(C(C)(C)C)ns2)n1. The predicted octanol–water partition coefficient (Wildman–Crippen LogP) is 1.84. The number of hydrogen-bond acceptors (Lipinski definition) is 8. The Bertz CT molecular complexity index is 633. The van der Waals surface area contributed by atoms with Gasteiger partial charge >= 0.3 is 0 Å². The lowest BCUT2D eigenvalue weighted by Gasteiger charge is -2.20. The van der Waals surface area contributed by atoms with Gasteiger partial charge in [0.2, 0.25) is 11.0 Å². The molecule has 0 radical (unpaired) electrons. The van der Waals surface area contributed by atoms with Gasteiger partial charge in [-0.05, 0) is 6.92 Å². The summed E-state index contributed by atoms with van der Waals surface area (Å²) < 4.78 is 9.70. The van der Waals surface area contributed by atoms with E-state index >= 15 is 0 Å². The Morgan fingerprint density at radius 2 is 2.10 bits per heavy atom. The molecule has 3 heterocycles. The van der Waals surface area contributed by atoms with Gasteiger partial charge < -0.3 is 14.5 Å². The first-order chi connectivity index (χ1) is 9.84. The van der Waals surface area contributed by atoms with Crippen LogP contribution in [0.4, 0.5) is 5.13 Å². The molecule has 1 saturated heterocycles. The molecule has 2 atom stereocenters. The summed E-state index contributed by atoms with van der Waals surface area (Å²) in [6.45, 7) is 8.53. The van der Waals surface area contributed by atoms with Crippen LogP contribution < -0.4 is 4.90 Å². The van der Waals surface area contributed by atoms with Crippen molar-refractivity contribution in [3.8, 4) is 0 Å². The Morgan fingerprint density at radius 3 is 2.67 bits per heavy atom. The Balaban J connectivity index is 1.90. The number of aliphatic hydroxyl groups excluding tert-OH is 1. The summed E-state index contributed by atoms with van der Waals surface area (Å²) in [5.74, 6) is 1.93. The van der Waals surface area contributed by atoms with E-state index in [0.29, 0.717) is 24.7 Å². The van der Waals surface area contributed by atoms with E-state index in [1.54, 1.807) is 6.92 Å². The largest absolute Gasteiger partial charge is 0.391 e. The minimum absolute atomic E-state index is 0.0936. The first-order valence-electron chi connectivity index (χ1n) is 6.93. The average Bonchev–Trinajstić information content (AvgIpc) is 3.05. The Morgan fingerprint density at radius 1 is 1.33 bits per heavy atom. The van der Waals surface area contributed by atoms with Gasteiger partial charge in [-0.15, -0.1) is 0 Å². The van der Waals surface area contributed by atoms with E-state index < -0.39 is 6.10 Å². The van der Waals surface area contributed by atoms with Gasteiger partial charge in [-0.1, -0.05) is 25.9 Å². The number of anilines is 1.